The van der Waals surface area contributed by atoms with Crippen molar-refractivity contribution in [2.24, 2.45) is 5.41 Å². The SMILES string of the molecule is CC1(CNCCCC2CCCO2)CCOCC1. The Balaban J connectivity index is 1.50. The van der Waals surface area contributed by atoms with Gasteiger partial charge in [-0.3, -0.25) is 0 Å². The zero-order valence-corrected chi connectivity index (χ0v) is 11.2. The van der Waals surface area contributed by atoms with Crippen molar-refractivity contribution in [2.45, 2.75) is 51.6 Å². The summed E-state index contributed by atoms with van der Waals surface area (Å²) in [5.74, 6) is 0. The molecule has 0 amide bonds. The first-order chi connectivity index (χ1) is 8.29. The second-order valence-electron chi connectivity index (χ2n) is 5.88. The average Bonchev–Trinajstić information content (AvgIpc) is 2.82. The van der Waals surface area contributed by atoms with Gasteiger partial charge >= 0.3 is 0 Å². The Morgan fingerprint density at radius 2 is 2.06 bits per heavy atom. The third-order valence-electron chi connectivity index (χ3n) is 4.16. The fourth-order valence-corrected chi connectivity index (χ4v) is 2.76. The molecular formula is C14H27NO2. The Bertz CT molecular complexity index is 208. The van der Waals surface area contributed by atoms with Crippen molar-refractivity contribution in [2.75, 3.05) is 32.9 Å². The summed E-state index contributed by atoms with van der Waals surface area (Å²) in [6, 6.07) is 0. The summed E-state index contributed by atoms with van der Waals surface area (Å²) in [4.78, 5) is 0. The zero-order valence-electron chi connectivity index (χ0n) is 11.2. The summed E-state index contributed by atoms with van der Waals surface area (Å²) in [7, 11) is 0. The Morgan fingerprint density at radius 3 is 2.76 bits per heavy atom. The molecule has 2 fully saturated rings. The lowest BCUT2D eigenvalue weighted by atomic mass is 9.82. The molecule has 100 valence electrons. The normalized spacial score (nSPS) is 28.4. The first-order valence-electron chi connectivity index (χ1n) is 7.19. The van der Waals surface area contributed by atoms with Gasteiger partial charge in [0.05, 0.1) is 6.10 Å². The number of ether oxygens (including phenoxy) is 2. The fraction of sp³-hybridized carbons (Fsp3) is 1.00. The van der Waals surface area contributed by atoms with Crippen LogP contribution in [0.4, 0.5) is 0 Å². The maximum Gasteiger partial charge on any atom is 0.0576 e. The van der Waals surface area contributed by atoms with Crippen molar-refractivity contribution >= 4 is 0 Å². The Hall–Kier alpha value is -0.120. The van der Waals surface area contributed by atoms with E-state index in [9.17, 15) is 0 Å². The summed E-state index contributed by atoms with van der Waals surface area (Å²) in [5, 5.41) is 3.61. The van der Waals surface area contributed by atoms with E-state index in [2.05, 4.69) is 12.2 Å². The van der Waals surface area contributed by atoms with Gasteiger partial charge in [-0.05, 0) is 50.5 Å². The minimum atomic E-state index is 0.460. The van der Waals surface area contributed by atoms with Crippen LogP contribution in [0.5, 0.6) is 0 Å². The molecule has 2 heterocycles. The molecule has 0 radical (unpaired) electrons. The Kier molecular flexibility index (Phi) is 5.26. The van der Waals surface area contributed by atoms with Crippen LogP contribution in [0.3, 0.4) is 0 Å². The van der Waals surface area contributed by atoms with Gasteiger partial charge in [-0.15, -0.1) is 0 Å². The van der Waals surface area contributed by atoms with Gasteiger partial charge in [-0.2, -0.15) is 0 Å². The number of hydrogen-bond donors (Lipinski definition) is 1. The first kappa shape index (κ1) is 13.3. The van der Waals surface area contributed by atoms with Crippen LogP contribution in [0.1, 0.15) is 45.4 Å². The Morgan fingerprint density at radius 1 is 1.24 bits per heavy atom. The van der Waals surface area contributed by atoms with E-state index in [-0.39, 0.29) is 0 Å². The van der Waals surface area contributed by atoms with Crippen LogP contribution in [0.2, 0.25) is 0 Å². The molecule has 3 nitrogen and oxygen atoms in total. The van der Waals surface area contributed by atoms with E-state index in [0.717, 1.165) is 32.9 Å². The predicted octanol–water partition coefficient (Wildman–Crippen LogP) is 2.35. The molecule has 0 spiro atoms. The topological polar surface area (TPSA) is 30.5 Å². The number of rotatable bonds is 6. The van der Waals surface area contributed by atoms with Crippen LogP contribution >= 0.6 is 0 Å². The summed E-state index contributed by atoms with van der Waals surface area (Å²) in [6.07, 6.45) is 7.96. The average molecular weight is 241 g/mol. The van der Waals surface area contributed by atoms with Crippen LogP contribution in [-0.4, -0.2) is 39.0 Å². The zero-order chi connectivity index (χ0) is 12.0. The Labute approximate surface area is 105 Å². The molecule has 17 heavy (non-hydrogen) atoms. The van der Waals surface area contributed by atoms with Crippen LogP contribution in [0.15, 0.2) is 0 Å². The van der Waals surface area contributed by atoms with Crippen LogP contribution < -0.4 is 5.32 Å². The van der Waals surface area contributed by atoms with Gasteiger partial charge in [-0.1, -0.05) is 6.92 Å². The highest BCUT2D eigenvalue weighted by Gasteiger charge is 2.26. The molecule has 0 saturated carbocycles. The predicted molar refractivity (Wildman–Crippen MR) is 69.2 cm³/mol. The first-order valence-corrected chi connectivity index (χ1v) is 7.19. The molecule has 0 aromatic rings. The highest BCUT2D eigenvalue weighted by molar-refractivity contribution is 4.79. The third kappa shape index (κ3) is 4.57. The second-order valence-corrected chi connectivity index (χ2v) is 5.88. The molecule has 3 heteroatoms. The minimum Gasteiger partial charge on any atom is -0.381 e. The van der Waals surface area contributed by atoms with Gasteiger partial charge in [0.15, 0.2) is 0 Å². The second kappa shape index (κ2) is 6.72. The highest BCUT2D eigenvalue weighted by Crippen LogP contribution is 2.28. The van der Waals surface area contributed by atoms with Crippen LogP contribution in [-0.2, 0) is 9.47 Å². The van der Waals surface area contributed by atoms with Gasteiger partial charge in [0.25, 0.3) is 0 Å². The van der Waals surface area contributed by atoms with Crippen molar-refractivity contribution in [3.63, 3.8) is 0 Å². The number of nitrogens with one attached hydrogen (secondary N) is 1. The molecule has 0 aromatic heterocycles. The van der Waals surface area contributed by atoms with E-state index in [4.69, 9.17) is 9.47 Å². The van der Waals surface area contributed by atoms with Crippen LogP contribution in [0.25, 0.3) is 0 Å². The summed E-state index contributed by atoms with van der Waals surface area (Å²) < 4.78 is 11.0. The van der Waals surface area contributed by atoms with Gasteiger partial charge < -0.3 is 14.8 Å². The standard InChI is InChI=1S/C14H27NO2/c1-14(6-10-16-11-7-14)12-15-8-2-4-13-5-3-9-17-13/h13,15H,2-12H2,1H3. The van der Waals surface area contributed by atoms with Crippen molar-refractivity contribution in [1.82, 2.24) is 5.32 Å². The molecule has 1 atom stereocenters. The van der Waals surface area contributed by atoms with E-state index in [1.807, 2.05) is 0 Å². The van der Waals surface area contributed by atoms with Crippen molar-refractivity contribution in [1.29, 1.82) is 0 Å². The molecular weight excluding hydrogens is 214 g/mol. The summed E-state index contributed by atoms with van der Waals surface area (Å²) in [6.45, 7) is 7.51. The third-order valence-corrected chi connectivity index (χ3v) is 4.16. The van der Waals surface area contributed by atoms with Gasteiger partial charge in [0.1, 0.15) is 0 Å². The van der Waals surface area contributed by atoms with Crippen molar-refractivity contribution < 1.29 is 9.47 Å². The largest absolute Gasteiger partial charge is 0.381 e. The quantitative estimate of drug-likeness (QED) is 0.724. The van der Waals surface area contributed by atoms with Crippen molar-refractivity contribution in [3.05, 3.63) is 0 Å². The maximum atomic E-state index is 5.62. The van der Waals surface area contributed by atoms with E-state index in [1.54, 1.807) is 0 Å². The lowest BCUT2D eigenvalue weighted by molar-refractivity contribution is 0.0240. The molecule has 1 unspecified atom stereocenters. The van der Waals surface area contributed by atoms with E-state index >= 15 is 0 Å². The van der Waals surface area contributed by atoms with E-state index in [0.29, 0.717) is 11.5 Å². The molecule has 2 aliphatic heterocycles. The monoisotopic (exact) mass is 241 g/mol. The summed E-state index contributed by atoms with van der Waals surface area (Å²) >= 11 is 0. The number of hydrogen-bond acceptors (Lipinski definition) is 3. The molecule has 0 bridgehead atoms. The maximum absolute atomic E-state index is 5.62. The van der Waals surface area contributed by atoms with E-state index < -0.39 is 0 Å². The van der Waals surface area contributed by atoms with E-state index in [1.165, 1.54) is 38.5 Å². The molecule has 0 aromatic carbocycles. The molecule has 2 rings (SSSR count). The smallest absolute Gasteiger partial charge is 0.0576 e. The molecule has 0 aliphatic carbocycles. The lowest BCUT2D eigenvalue weighted by Crippen LogP contribution is -2.37. The van der Waals surface area contributed by atoms with Gasteiger partial charge in [0.2, 0.25) is 0 Å². The molecule has 1 N–H and O–H groups in total. The minimum absolute atomic E-state index is 0.460. The molecule has 2 aliphatic rings. The van der Waals surface area contributed by atoms with Crippen molar-refractivity contribution in [3.8, 4) is 0 Å². The highest BCUT2D eigenvalue weighted by atomic mass is 16.5. The van der Waals surface area contributed by atoms with Crippen LogP contribution in [0, 0.1) is 5.41 Å². The fourth-order valence-electron chi connectivity index (χ4n) is 2.76. The molecule has 2 saturated heterocycles. The van der Waals surface area contributed by atoms with Gasteiger partial charge in [-0.25, -0.2) is 0 Å². The van der Waals surface area contributed by atoms with Gasteiger partial charge in [0, 0.05) is 26.4 Å². The summed E-state index contributed by atoms with van der Waals surface area (Å²) in [5.41, 5.74) is 0.460. The lowest BCUT2D eigenvalue weighted by Gasteiger charge is -2.33.